The Morgan fingerprint density at radius 3 is 1.63 bits per heavy atom. The molecule has 0 aromatic heterocycles. The zero-order chi connectivity index (χ0) is 13.7. The van der Waals surface area contributed by atoms with Crippen LogP contribution >= 0.6 is 24.4 Å². The molecule has 0 aliphatic heterocycles. The second-order valence-corrected chi connectivity index (χ2v) is 6.61. The molecule has 0 radical (unpaired) electrons. The standard InChI is InChI=1S/C14H25N3S2/c15-13(18)16-14(19)17(11-7-3-1-4-8-11)12-9-5-2-6-10-12/h11-12H,1-10H2,(H3,15,16,18,19). The third-order valence-electron chi connectivity index (χ3n) is 4.40. The van der Waals surface area contributed by atoms with E-state index in [2.05, 4.69) is 10.2 Å². The molecule has 0 saturated heterocycles. The van der Waals surface area contributed by atoms with Gasteiger partial charge in [0.2, 0.25) is 0 Å². The number of nitrogens with two attached hydrogens (primary N) is 1. The van der Waals surface area contributed by atoms with E-state index in [4.69, 9.17) is 30.2 Å². The first-order valence-corrected chi connectivity index (χ1v) is 8.39. The van der Waals surface area contributed by atoms with Crippen LogP contribution < -0.4 is 11.1 Å². The van der Waals surface area contributed by atoms with Crippen LogP contribution in [0, 0.1) is 0 Å². The van der Waals surface area contributed by atoms with Crippen molar-refractivity contribution in [1.29, 1.82) is 0 Å². The van der Waals surface area contributed by atoms with Crippen molar-refractivity contribution in [3.63, 3.8) is 0 Å². The van der Waals surface area contributed by atoms with E-state index in [9.17, 15) is 0 Å². The van der Waals surface area contributed by atoms with Crippen molar-refractivity contribution in [3.05, 3.63) is 0 Å². The molecule has 108 valence electrons. The SMILES string of the molecule is NC(=S)NC(=S)N(C1CCCCC1)C1CCCCC1. The van der Waals surface area contributed by atoms with Gasteiger partial charge in [0.1, 0.15) is 0 Å². The molecular weight excluding hydrogens is 274 g/mol. The van der Waals surface area contributed by atoms with Gasteiger partial charge in [-0.3, -0.25) is 0 Å². The van der Waals surface area contributed by atoms with Crippen LogP contribution in [0.2, 0.25) is 0 Å². The molecule has 0 amide bonds. The lowest BCUT2D eigenvalue weighted by atomic mass is 9.89. The van der Waals surface area contributed by atoms with Crippen molar-refractivity contribution < 1.29 is 0 Å². The van der Waals surface area contributed by atoms with Gasteiger partial charge in [0.25, 0.3) is 0 Å². The molecule has 2 aliphatic rings. The predicted molar refractivity (Wildman–Crippen MR) is 88.1 cm³/mol. The summed E-state index contributed by atoms with van der Waals surface area (Å²) in [4.78, 5) is 2.44. The Labute approximate surface area is 127 Å². The van der Waals surface area contributed by atoms with E-state index in [-0.39, 0.29) is 0 Å². The fourth-order valence-corrected chi connectivity index (χ4v) is 4.09. The highest BCUT2D eigenvalue weighted by Crippen LogP contribution is 2.30. The van der Waals surface area contributed by atoms with Gasteiger partial charge in [0.05, 0.1) is 0 Å². The summed E-state index contributed by atoms with van der Waals surface area (Å²) >= 11 is 10.5. The summed E-state index contributed by atoms with van der Waals surface area (Å²) in [5.74, 6) is 0. The second-order valence-electron chi connectivity index (χ2n) is 5.79. The average molecular weight is 300 g/mol. The van der Waals surface area contributed by atoms with E-state index in [0.717, 1.165) is 5.11 Å². The lowest BCUT2D eigenvalue weighted by Gasteiger charge is -2.43. The average Bonchev–Trinajstić information content (AvgIpc) is 2.40. The van der Waals surface area contributed by atoms with Gasteiger partial charge in [-0.25, -0.2) is 0 Å². The van der Waals surface area contributed by atoms with E-state index in [1.54, 1.807) is 0 Å². The molecule has 3 nitrogen and oxygen atoms in total. The Kier molecular flexibility index (Phi) is 5.82. The van der Waals surface area contributed by atoms with Crippen LogP contribution in [0.15, 0.2) is 0 Å². The smallest absolute Gasteiger partial charge is 0.175 e. The zero-order valence-electron chi connectivity index (χ0n) is 11.6. The highest BCUT2D eigenvalue weighted by molar-refractivity contribution is 7.81. The van der Waals surface area contributed by atoms with Gasteiger partial charge in [-0.2, -0.15) is 0 Å². The molecule has 0 bridgehead atoms. The molecule has 19 heavy (non-hydrogen) atoms. The fourth-order valence-electron chi connectivity index (χ4n) is 3.52. The second kappa shape index (κ2) is 7.39. The minimum Gasteiger partial charge on any atom is -0.376 e. The molecule has 2 fully saturated rings. The van der Waals surface area contributed by atoms with E-state index in [1.165, 1.54) is 64.2 Å². The van der Waals surface area contributed by atoms with Crippen molar-refractivity contribution in [2.75, 3.05) is 0 Å². The highest BCUT2D eigenvalue weighted by atomic mass is 32.1. The first-order chi connectivity index (χ1) is 9.18. The number of hydrogen-bond donors (Lipinski definition) is 2. The Hall–Kier alpha value is -0.420. The van der Waals surface area contributed by atoms with E-state index in [0.29, 0.717) is 17.2 Å². The van der Waals surface area contributed by atoms with Crippen LogP contribution in [0.1, 0.15) is 64.2 Å². The Morgan fingerprint density at radius 1 is 0.842 bits per heavy atom. The molecule has 2 rings (SSSR count). The lowest BCUT2D eigenvalue weighted by molar-refractivity contribution is 0.157. The van der Waals surface area contributed by atoms with Crippen molar-refractivity contribution in [2.24, 2.45) is 5.73 Å². The van der Waals surface area contributed by atoms with Crippen LogP contribution in [0.3, 0.4) is 0 Å². The third-order valence-corrected chi connectivity index (χ3v) is 4.82. The van der Waals surface area contributed by atoms with Gasteiger partial charge in [-0.05, 0) is 50.1 Å². The monoisotopic (exact) mass is 299 g/mol. The van der Waals surface area contributed by atoms with Gasteiger partial charge in [-0.15, -0.1) is 0 Å². The largest absolute Gasteiger partial charge is 0.376 e. The van der Waals surface area contributed by atoms with Gasteiger partial charge in [0.15, 0.2) is 10.2 Å². The number of thiocarbonyl (C=S) groups is 2. The Balaban J connectivity index is 2.06. The summed E-state index contributed by atoms with van der Waals surface area (Å²) < 4.78 is 0. The molecular formula is C14H25N3S2. The summed E-state index contributed by atoms with van der Waals surface area (Å²) in [6.07, 6.45) is 13.1. The molecule has 0 atom stereocenters. The van der Waals surface area contributed by atoms with Gasteiger partial charge >= 0.3 is 0 Å². The zero-order valence-corrected chi connectivity index (χ0v) is 13.2. The molecule has 0 aromatic rings. The van der Waals surface area contributed by atoms with Crippen molar-refractivity contribution in [1.82, 2.24) is 10.2 Å². The highest BCUT2D eigenvalue weighted by Gasteiger charge is 2.30. The number of nitrogens with zero attached hydrogens (tertiary/aromatic N) is 1. The van der Waals surface area contributed by atoms with E-state index >= 15 is 0 Å². The minimum atomic E-state index is 0.293. The first kappa shape index (κ1) is 15.0. The molecule has 0 heterocycles. The first-order valence-electron chi connectivity index (χ1n) is 7.57. The summed E-state index contributed by atoms with van der Waals surface area (Å²) in [5, 5.41) is 4.05. The Bertz CT molecular complexity index is 303. The molecule has 2 saturated carbocycles. The van der Waals surface area contributed by atoms with Crippen LogP contribution in [0.25, 0.3) is 0 Å². The predicted octanol–water partition coefficient (Wildman–Crippen LogP) is 3.07. The van der Waals surface area contributed by atoms with Gasteiger partial charge < -0.3 is 16.0 Å². The molecule has 2 aliphatic carbocycles. The normalized spacial score (nSPS) is 21.9. The Morgan fingerprint density at radius 2 is 1.26 bits per heavy atom. The topological polar surface area (TPSA) is 41.3 Å². The molecule has 5 heteroatoms. The van der Waals surface area contributed by atoms with E-state index < -0.39 is 0 Å². The number of nitrogens with one attached hydrogen (secondary N) is 1. The maximum Gasteiger partial charge on any atom is 0.175 e. The summed E-state index contributed by atoms with van der Waals surface area (Å²) in [6, 6.07) is 1.18. The summed E-state index contributed by atoms with van der Waals surface area (Å²) in [5.41, 5.74) is 5.60. The van der Waals surface area contributed by atoms with Crippen LogP contribution in [-0.4, -0.2) is 27.2 Å². The molecule has 0 spiro atoms. The van der Waals surface area contributed by atoms with E-state index in [1.807, 2.05) is 0 Å². The minimum absolute atomic E-state index is 0.293. The fraction of sp³-hybridized carbons (Fsp3) is 0.857. The molecule has 3 N–H and O–H groups in total. The van der Waals surface area contributed by atoms with Crippen molar-refractivity contribution in [2.45, 2.75) is 76.3 Å². The van der Waals surface area contributed by atoms with Gasteiger partial charge in [-0.1, -0.05) is 38.5 Å². The third kappa shape index (κ3) is 4.28. The van der Waals surface area contributed by atoms with Crippen LogP contribution in [0.5, 0.6) is 0 Å². The molecule has 0 unspecified atom stereocenters. The van der Waals surface area contributed by atoms with Crippen molar-refractivity contribution >= 4 is 34.7 Å². The summed E-state index contributed by atoms with van der Waals surface area (Å²) in [7, 11) is 0. The number of rotatable bonds is 2. The maximum atomic E-state index is 5.60. The van der Waals surface area contributed by atoms with Crippen LogP contribution in [-0.2, 0) is 0 Å². The number of hydrogen-bond acceptors (Lipinski definition) is 2. The maximum absolute atomic E-state index is 5.60. The van der Waals surface area contributed by atoms with Gasteiger partial charge in [0, 0.05) is 12.1 Å². The summed E-state index contributed by atoms with van der Waals surface area (Å²) in [6.45, 7) is 0. The van der Waals surface area contributed by atoms with Crippen molar-refractivity contribution in [3.8, 4) is 0 Å². The lowest BCUT2D eigenvalue weighted by Crippen LogP contribution is -2.54. The molecule has 0 aromatic carbocycles. The van der Waals surface area contributed by atoms with Crippen LogP contribution in [0.4, 0.5) is 0 Å². The quantitative estimate of drug-likeness (QED) is 0.767.